The molecule has 1 unspecified atom stereocenters. The van der Waals surface area contributed by atoms with Gasteiger partial charge < -0.3 is 4.74 Å². The Balaban J connectivity index is 2.88. The summed E-state index contributed by atoms with van der Waals surface area (Å²) in [6.07, 6.45) is -1.03. The minimum Gasteiger partial charge on any atom is -0.372 e. The van der Waals surface area contributed by atoms with Gasteiger partial charge in [-0.15, -0.1) is 0 Å². The zero-order chi connectivity index (χ0) is 10.1. The Morgan fingerprint density at radius 2 is 2.00 bits per heavy atom. The molecule has 0 N–H and O–H groups in total. The van der Waals surface area contributed by atoms with Gasteiger partial charge in [0.15, 0.2) is 0 Å². The van der Waals surface area contributed by atoms with Gasteiger partial charge >= 0.3 is 5.66 Å². The van der Waals surface area contributed by atoms with Crippen LogP contribution < -0.4 is 0 Å². The van der Waals surface area contributed by atoms with E-state index >= 15 is 0 Å². The Morgan fingerprint density at radius 1 is 1.54 bits per heavy atom. The quantitative estimate of drug-likeness (QED) is 0.254. The Bertz CT molecular complexity index is 277. The SMILES string of the molecule is N#CC(CC1CO1)([N+](=O)[O-])[N+](=O)[O-]. The predicted molar refractivity (Wildman–Crippen MR) is 36.7 cm³/mol. The van der Waals surface area contributed by atoms with Crippen molar-refractivity contribution < 1.29 is 14.6 Å². The smallest absolute Gasteiger partial charge is 0.372 e. The first-order valence-corrected chi connectivity index (χ1v) is 3.35. The zero-order valence-electron chi connectivity index (χ0n) is 6.37. The van der Waals surface area contributed by atoms with E-state index < -0.39 is 28.0 Å². The van der Waals surface area contributed by atoms with E-state index in [9.17, 15) is 20.2 Å². The number of ether oxygens (including phenoxy) is 1. The third kappa shape index (κ3) is 1.54. The maximum Gasteiger partial charge on any atom is 0.546 e. The van der Waals surface area contributed by atoms with Crippen molar-refractivity contribution in [2.24, 2.45) is 0 Å². The van der Waals surface area contributed by atoms with Gasteiger partial charge in [-0.3, -0.25) is 20.2 Å². The summed E-state index contributed by atoms with van der Waals surface area (Å²) in [4.78, 5) is 18.3. The molecule has 0 amide bonds. The molecule has 1 rings (SSSR count). The van der Waals surface area contributed by atoms with Crippen molar-refractivity contribution in [1.29, 1.82) is 5.26 Å². The number of hydrogen-bond acceptors (Lipinski definition) is 6. The molecule has 70 valence electrons. The average molecular weight is 187 g/mol. The molecule has 8 nitrogen and oxygen atoms in total. The molecule has 1 fully saturated rings. The lowest BCUT2D eigenvalue weighted by Gasteiger charge is -2.06. The third-order valence-electron chi connectivity index (χ3n) is 1.70. The lowest BCUT2D eigenvalue weighted by atomic mass is 10.1. The van der Waals surface area contributed by atoms with Crippen LogP contribution in [0.5, 0.6) is 0 Å². The number of hydrogen-bond donors (Lipinski definition) is 0. The van der Waals surface area contributed by atoms with Crippen molar-refractivity contribution in [3.8, 4) is 6.07 Å². The summed E-state index contributed by atoms with van der Waals surface area (Å²) in [5.74, 6) is 0. The molecule has 0 saturated carbocycles. The van der Waals surface area contributed by atoms with E-state index in [0.29, 0.717) is 0 Å². The molecule has 1 aliphatic heterocycles. The number of nitriles is 1. The van der Waals surface area contributed by atoms with Crippen LogP contribution in [0.15, 0.2) is 0 Å². The van der Waals surface area contributed by atoms with Crippen molar-refractivity contribution in [3.05, 3.63) is 20.2 Å². The second kappa shape index (κ2) is 2.95. The molecule has 1 heterocycles. The lowest BCUT2D eigenvalue weighted by Crippen LogP contribution is -2.46. The van der Waals surface area contributed by atoms with Crippen LogP contribution in [0.25, 0.3) is 0 Å². The van der Waals surface area contributed by atoms with Crippen LogP contribution in [-0.2, 0) is 4.74 Å². The summed E-state index contributed by atoms with van der Waals surface area (Å²) in [6.45, 7) is 0.241. The number of nitro groups is 2. The van der Waals surface area contributed by atoms with Gasteiger partial charge in [0.1, 0.15) is 16.3 Å². The Morgan fingerprint density at radius 3 is 2.23 bits per heavy atom. The minimum atomic E-state index is -2.75. The highest BCUT2D eigenvalue weighted by Crippen LogP contribution is 2.25. The molecule has 1 saturated heterocycles. The van der Waals surface area contributed by atoms with E-state index in [2.05, 4.69) is 4.74 Å². The number of nitrogens with zero attached hydrogens (tertiary/aromatic N) is 3. The molecule has 1 atom stereocenters. The Kier molecular flexibility index (Phi) is 2.12. The molecule has 0 aromatic rings. The molecular weight excluding hydrogens is 182 g/mol. The first-order chi connectivity index (χ1) is 6.03. The first kappa shape index (κ1) is 9.34. The van der Waals surface area contributed by atoms with Gasteiger partial charge in [0.05, 0.1) is 12.7 Å². The van der Waals surface area contributed by atoms with Crippen LogP contribution in [0.1, 0.15) is 6.42 Å². The second-order valence-electron chi connectivity index (χ2n) is 2.60. The molecule has 0 aromatic carbocycles. The van der Waals surface area contributed by atoms with Gasteiger partial charge in [0, 0.05) is 0 Å². The Labute approximate surface area is 72.0 Å². The fraction of sp³-hybridized carbons (Fsp3) is 0.800. The van der Waals surface area contributed by atoms with Gasteiger partial charge in [0.25, 0.3) is 0 Å². The summed E-state index contributed by atoms with van der Waals surface area (Å²) in [6, 6.07) is 1.11. The fourth-order valence-corrected chi connectivity index (χ4v) is 0.846. The van der Waals surface area contributed by atoms with E-state index in [-0.39, 0.29) is 6.61 Å². The molecule has 1 aliphatic rings. The zero-order valence-corrected chi connectivity index (χ0v) is 6.37. The van der Waals surface area contributed by atoms with E-state index in [4.69, 9.17) is 5.26 Å². The molecule has 0 radical (unpaired) electrons. The monoisotopic (exact) mass is 187 g/mol. The molecule has 13 heavy (non-hydrogen) atoms. The second-order valence-corrected chi connectivity index (χ2v) is 2.60. The standard InChI is InChI=1S/C5H5N3O5/c6-3-5(7(9)10,8(11)12)1-4-2-13-4/h4H,1-2H2. The van der Waals surface area contributed by atoms with Gasteiger partial charge in [-0.1, -0.05) is 0 Å². The van der Waals surface area contributed by atoms with Gasteiger partial charge in [-0.05, 0) is 0 Å². The first-order valence-electron chi connectivity index (χ1n) is 3.35. The fourth-order valence-electron chi connectivity index (χ4n) is 0.846. The topological polar surface area (TPSA) is 123 Å². The maximum atomic E-state index is 10.3. The lowest BCUT2D eigenvalue weighted by molar-refractivity contribution is -0.778. The Hall–Kier alpha value is -1.75. The van der Waals surface area contributed by atoms with Crippen molar-refractivity contribution in [2.45, 2.75) is 18.2 Å². The number of epoxide rings is 1. The maximum absolute atomic E-state index is 10.3. The van der Waals surface area contributed by atoms with Crippen molar-refractivity contribution in [1.82, 2.24) is 0 Å². The molecule has 0 aromatic heterocycles. The molecule has 0 spiro atoms. The number of rotatable bonds is 4. The van der Waals surface area contributed by atoms with Gasteiger partial charge in [-0.2, -0.15) is 5.26 Å². The van der Waals surface area contributed by atoms with Crippen LogP contribution >= 0.6 is 0 Å². The van der Waals surface area contributed by atoms with Crippen LogP contribution in [0.2, 0.25) is 0 Å². The highest BCUT2D eigenvalue weighted by Gasteiger charge is 2.60. The summed E-state index contributed by atoms with van der Waals surface area (Å²) >= 11 is 0. The summed E-state index contributed by atoms with van der Waals surface area (Å²) < 4.78 is 4.61. The highest BCUT2D eigenvalue weighted by atomic mass is 16.7. The molecule has 0 bridgehead atoms. The van der Waals surface area contributed by atoms with Crippen molar-refractivity contribution in [2.75, 3.05) is 6.61 Å². The van der Waals surface area contributed by atoms with Gasteiger partial charge in [0.2, 0.25) is 6.07 Å². The minimum absolute atomic E-state index is 0.241. The van der Waals surface area contributed by atoms with E-state index in [1.54, 1.807) is 0 Å². The van der Waals surface area contributed by atoms with Crippen LogP contribution in [0.3, 0.4) is 0 Å². The average Bonchev–Trinajstić information content (AvgIpc) is 2.82. The van der Waals surface area contributed by atoms with E-state index in [0.717, 1.165) is 6.07 Å². The van der Waals surface area contributed by atoms with E-state index in [1.807, 2.05) is 0 Å². The molecular formula is C5H5N3O5. The summed E-state index contributed by atoms with van der Waals surface area (Å²) in [7, 11) is 0. The van der Waals surface area contributed by atoms with Crippen LogP contribution in [0, 0.1) is 31.6 Å². The van der Waals surface area contributed by atoms with Crippen molar-refractivity contribution >= 4 is 0 Å². The normalized spacial score (nSPS) is 20.4. The van der Waals surface area contributed by atoms with Gasteiger partial charge in [-0.25, -0.2) is 0 Å². The van der Waals surface area contributed by atoms with Crippen molar-refractivity contribution in [3.63, 3.8) is 0 Å². The van der Waals surface area contributed by atoms with Crippen LogP contribution in [-0.4, -0.2) is 28.2 Å². The third-order valence-corrected chi connectivity index (χ3v) is 1.70. The molecule has 0 aliphatic carbocycles. The van der Waals surface area contributed by atoms with Crippen LogP contribution in [0.4, 0.5) is 0 Å². The molecule has 8 heteroatoms. The summed E-state index contributed by atoms with van der Waals surface area (Å²) in [5.41, 5.74) is -2.75. The largest absolute Gasteiger partial charge is 0.546 e. The summed E-state index contributed by atoms with van der Waals surface area (Å²) in [5, 5.41) is 29.1. The highest BCUT2D eigenvalue weighted by molar-refractivity contribution is 4.95. The predicted octanol–water partition coefficient (Wildman–Crippen LogP) is -0.451. The van der Waals surface area contributed by atoms with E-state index in [1.165, 1.54) is 0 Å².